The van der Waals surface area contributed by atoms with Crippen LogP contribution in [-0.4, -0.2) is 33.1 Å². The van der Waals surface area contributed by atoms with Crippen LogP contribution in [0, 0.1) is 0 Å². The molecule has 0 heterocycles. The van der Waals surface area contributed by atoms with Crippen molar-refractivity contribution >= 4 is 12.6 Å². The second-order valence-corrected chi connectivity index (χ2v) is 5.30. The third-order valence-corrected chi connectivity index (χ3v) is 3.21. The molecule has 0 saturated heterocycles. The molecule has 1 aromatic carbocycles. The maximum absolute atomic E-state index is 5.44. The van der Waals surface area contributed by atoms with Gasteiger partial charge in [0, 0.05) is 29.8 Å². The molecule has 0 radical (unpaired) electrons. The minimum atomic E-state index is -0.0250. The van der Waals surface area contributed by atoms with E-state index in [0.717, 1.165) is 35.9 Å². The van der Waals surface area contributed by atoms with E-state index in [2.05, 4.69) is 31.8 Å². The van der Waals surface area contributed by atoms with E-state index in [1.54, 1.807) is 14.2 Å². The molecule has 0 spiro atoms. The van der Waals surface area contributed by atoms with Crippen molar-refractivity contribution in [3.63, 3.8) is 0 Å². The smallest absolute Gasteiger partial charge is 0.122 e. The molecule has 0 aliphatic rings. The van der Waals surface area contributed by atoms with Crippen molar-refractivity contribution in [2.75, 3.05) is 33.1 Å². The molecular formula is C14H23NO2S. The highest BCUT2D eigenvalue weighted by Gasteiger charge is 2.24. The first-order valence-corrected chi connectivity index (χ1v) is 6.72. The fourth-order valence-electron chi connectivity index (χ4n) is 1.92. The van der Waals surface area contributed by atoms with E-state index >= 15 is 0 Å². The van der Waals surface area contributed by atoms with Crippen LogP contribution in [0.3, 0.4) is 0 Å². The lowest BCUT2D eigenvalue weighted by Gasteiger charge is -2.28. The van der Waals surface area contributed by atoms with E-state index in [1.165, 1.54) is 0 Å². The summed E-state index contributed by atoms with van der Waals surface area (Å²) in [6.07, 6.45) is 0. The van der Waals surface area contributed by atoms with Crippen LogP contribution in [0.25, 0.3) is 0 Å². The van der Waals surface area contributed by atoms with Crippen LogP contribution in [0.15, 0.2) is 18.2 Å². The molecule has 0 aliphatic carbocycles. The normalized spacial score (nSPS) is 11.4. The monoisotopic (exact) mass is 269 g/mol. The Morgan fingerprint density at radius 2 is 1.94 bits per heavy atom. The van der Waals surface area contributed by atoms with Crippen LogP contribution in [0.2, 0.25) is 0 Å². The van der Waals surface area contributed by atoms with Crippen LogP contribution < -0.4 is 14.8 Å². The van der Waals surface area contributed by atoms with Gasteiger partial charge in [0.15, 0.2) is 0 Å². The summed E-state index contributed by atoms with van der Waals surface area (Å²) in [5.74, 6) is 2.59. The molecule has 0 amide bonds. The van der Waals surface area contributed by atoms with E-state index in [4.69, 9.17) is 9.47 Å². The molecule has 102 valence electrons. The third-order valence-electron chi connectivity index (χ3n) is 2.99. The number of methoxy groups -OCH3 is 2. The van der Waals surface area contributed by atoms with Gasteiger partial charge in [-0.1, -0.05) is 13.8 Å². The van der Waals surface area contributed by atoms with Crippen molar-refractivity contribution in [2.24, 2.45) is 0 Å². The van der Waals surface area contributed by atoms with Gasteiger partial charge in [-0.2, -0.15) is 12.6 Å². The van der Waals surface area contributed by atoms with Gasteiger partial charge >= 0.3 is 0 Å². The number of hydrogen-bond acceptors (Lipinski definition) is 4. The van der Waals surface area contributed by atoms with Gasteiger partial charge in [0.1, 0.15) is 11.5 Å². The lowest BCUT2D eigenvalue weighted by atomic mass is 9.83. The third kappa shape index (κ3) is 3.82. The van der Waals surface area contributed by atoms with Crippen molar-refractivity contribution in [3.05, 3.63) is 23.8 Å². The van der Waals surface area contributed by atoms with Crippen molar-refractivity contribution in [3.8, 4) is 11.5 Å². The molecule has 0 unspecified atom stereocenters. The maximum Gasteiger partial charge on any atom is 0.122 e. The molecule has 0 aromatic heterocycles. The maximum atomic E-state index is 5.44. The summed E-state index contributed by atoms with van der Waals surface area (Å²) in [5.41, 5.74) is 1.12. The summed E-state index contributed by atoms with van der Waals surface area (Å²) in [5, 5.41) is 3.39. The number of nitrogens with one attached hydrogen (secondary N) is 1. The van der Waals surface area contributed by atoms with E-state index in [0.29, 0.717) is 0 Å². The molecule has 1 rings (SSSR count). The summed E-state index contributed by atoms with van der Waals surface area (Å²) < 4.78 is 10.7. The van der Waals surface area contributed by atoms with Crippen molar-refractivity contribution < 1.29 is 9.47 Å². The molecule has 3 nitrogen and oxygen atoms in total. The molecule has 18 heavy (non-hydrogen) atoms. The minimum absolute atomic E-state index is 0.0250. The fraction of sp³-hybridized carbons (Fsp3) is 0.571. The van der Waals surface area contributed by atoms with E-state index in [1.807, 2.05) is 18.2 Å². The molecule has 1 aromatic rings. The van der Waals surface area contributed by atoms with Crippen LogP contribution in [-0.2, 0) is 5.41 Å². The standard InChI is InChI=1S/C14H23NO2S/c1-14(2,10-15-7-8-18)12-9-11(16-3)5-6-13(12)17-4/h5-6,9,15,18H,7-8,10H2,1-4H3. The first-order valence-electron chi connectivity index (χ1n) is 6.09. The molecule has 0 aliphatic heterocycles. The molecule has 4 heteroatoms. The zero-order valence-corrected chi connectivity index (χ0v) is 12.5. The molecular weight excluding hydrogens is 246 g/mol. The van der Waals surface area contributed by atoms with Crippen LogP contribution >= 0.6 is 12.6 Å². The number of ether oxygens (including phenoxy) is 2. The van der Waals surface area contributed by atoms with Gasteiger partial charge in [-0.05, 0) is 18.2 Å². The van der Waals surface area contributed by atoms with Crippen LogP contribution in [0.4, 0.5) is 0 Å². The topological polar surface area (TPSA) is 30.5 Å². The highest BCUT2D eigenvalue weighted by Crippen LogP contribution is 2.34. The Labute approximate surface area is 115 Å². The molecule has 0 bridgehead atoms. The Bertz CT molecular complexity index is 380. The van der Waals surface area contributed by atoms with E-state index in [-0.39, 0.29) is 5.41 Å². The van der Waals surface area contributed by atoms with E-state index in [9.17, 15) is 0 Å². The van der Waals surface area contributed by atoms with Gasteiger partial charge in [0.05, 0.1) is 14.2 Å². The van der Waals surface area contributed by atoms with Crippen LogP contribution in [0.1, 0.15) is 19.4 Å². The zero-order valence-electron chi connectivity index (χ0n) is 11.6. The quantitative estimate of drug-likeness (QED) is 0.589. The Morgan fingerprint density at radius 1 is 1.22 bits per heavy atom. The van der Waals surface area contributed by atoms with Crippen molar-refractivity contribution in [1.29, 1.82) is 0 Å². The zero-order chi connectivity index (χ0) is 13.6. The Hall–Kier alpha value is -0.870. The Balaban J connectivity index is 2.96. The SMILES string of the molecule is COc1ccc(OC)c(C(C)(C)CNCCS)c1. The van der Waals surface area contributed by atoms with E-state index < -0.39 is 0 Å². The first-order chi connectivity index (χ1) is 8.55. The highest BCUT2D eigenvalue weighted by molar-refractivity contribution is 7.80. The largest absolute Gasteiger partial charge is 0.497 e. The summed E-state index contributed by atoms with van der Waals surface area (Å²) >= 11 is 4.20. The van der Waals surface area contributed by atoms with Gasteiger partial charge in [0.25, 0.3) is 0 Å². The first kappa shape index (κ1) is 15.2. The average molecular weight is 269 g/mol. The fourth-order valence-corrected chi connectivity index (χ4v) is 2.08. The van der Waals surface area contributed by atoms with Gasteiger partial charge < -0.3 is 14.8 Å². The van der Waals surface area contributed by atoms with Crippen LogP contribution in [0.5, 0.6) is 11.5 Å². The number of benzene rings is 1. The van der Waals surface area contributed by atoms with Gasteiger partial charge in [-0.3, -0.25) is 0 Å². The molecule has 0 fully saturated rings. The Kier molecular flexibility index (Phi) is 5.82. The lowest BCUT2D eigenvalue weighted by molar-refractivity contribution is 0.378. The van der Waals surface area contributed by atoms with Gasteiger partial charge in [-0.25, -0.2) is 0 Å². The number of hydrogen-bond donors (Lipinski definition) is 2. The predicted molar refractivity (Wildman–Crippen MR) is 79.3 cm³/mol. The lowest BCUT2D eigenvalue weighted by Crippen LogP contribution is -2.34. The average Bonchev–Trinajstić information content (AvgIpc) is 2.38. The molecule has 0 saturated carbocycles. The van der Waals surface area contributed by atoms with Crippen molar-refractivity contribution in [2.45, 2.75) is 19.3 Å². The second-order valence-electron chi connectivity index (χ2n) is 4.85. The minimum Gasteiger partial charge on any atom is -0.497 e. The summed E-state index contributed by atoms with van der Waals surface area (Å²) in [6.45, 7) is 6.15. The van der Waals surface area contributed by atoms with Gasteiger partial charge in [-0.15, -0.1) is 0 Å². The summed E-state index contributed by atoms with van der Waals surface area (Å²) in [6, 6.07) is 5.91. The second kappa shape index (κ2) is 6.90. The number of thiol groups is 1. The Morgan fingerprint density at radius 3 is 2.50 bits per heavy atom. The summed E-state index contributed by atoms with van der Waals surface area (Å²) in [7, 11) is 3.38. The summed E-state index contributed by atoms with van der Waals surface area (Å²) in [4.78, 5) is 0. The molecule has 0 atom stereocenters. The predicted octanol–water partition coefficient (Wildman–Crippen LogP) is 2.50. The number of rotatable bonds is 7. The highest BCUT2D eigenvalue weighted by atomic mass is 32.1. The van der Waals surface area contributed by atoms with Gasteiger partial charge in [0.2, 0.25) is 0 Å². The van der Waals surface area contributed by atoms with Crippen molar-refractivity contribution in [1.82, 2.24) is 5.32 Å². The molecule has 1 N–H and O–H groups in total.